The average Bonchev–Trinajstić information content (AvgIpc) is 2.88. The van der Waals surface area contributed by atoms with Crippen LogP contribution < -0.4 is 5.73 Å². The molecule has 1 amide bonds. The maximum atomic E-state index is 11.1. The summed E-state index contributed by atoms with van der Waals surface area (Å²) in [6.45, 7) is 4.60. The van der Waals surface area contributed by atoms with Crippen LogP contribution in [0.25, 0.3) is 0 Å². The molecule has 0 aliphatic heterocycles. The van der Waals surface area contributed by atoms with Crippen LogP contribution in [0.15, 0.2) is 6.20 Å². The van der Waals surface area contributed by atoms with Crippen molar-refractivity contribution in [3.63, 3.8) is 0 Å². The molecule has 0 aromatic carbocycles. The molecule has 0 atom stereocenters. The number of amides is 1. The van der Waals surface area contributed by atoms with Gasteiger partial charge in [0.05, 0.1) is 11.6 Å². The van der Waals surface area contributed by atoms with Crippen LogP contribution in [0.4, 0.5) is 0 Å². The Balaban J connectivity index is 2.27. The first-order chi connectivity index (χ1) is 8.60. The van der Waals surface area contributed by atoms with E-state index < -0.39 is 5.91 Å². The number of nitrogens with two attached hydrogens (primary N) is 1. The number of rotatable bonds is 5. The van der Waals surface area contributed by atoms with Gasteiger partial charge in [0.1, 0.15) is 5.82 Å². The number of carbonyl (C=O) groups excluding carboxylic acids is 1. The molecule has 18 heavy (non-hydrogen) atoms. The minimum Gasteiger partial charge on any atom is -0.363 e. The number of carbonyl (C=O) groups is 1. The van der Waals surface area contributed by atoms with E-state index >= 15 is 0 Å². The van der Waals surface area contributed by atoms with Crippen molar-refractivity contribution in [2.75, 3.05) is 0 Å². The lowest BCUT2D eigenvalue weighted by molar-refractivity contribution is 0.0990. The zero-order chi connectivity index (χ0) is 13.1. The van der Waals surface area contributed by atoms with E-state index in [1.807, 2.05) is 13.1 Å². The molecule has 0 bridgehead atoms. The summed E-state index contributed by atoms with van der Waals surface area (Å²) >= 11 is 1.61. The molecule has 6 nitrogen and oxygen atoms in total. The summed E-state index contributed by atoms with van der Waals surface area (Å²) in [7, 11) is 0. The Bertz CT molecular complexity index is 560. The van der Waals surface area contributed by atoms with Gasteiger partial charge in [-0.1, -0.05) is 6.92 Å². The Morgan fingerprint density at radius 1 is 1.56 bits per heavy atom. The van der Waals surface area contributed by atoms with E-state index in [0.717, 1.165) is 28.6 Å². The lowest BCUT2D eigenvalue weighted by Crippen LogP contribution is -2.13. The summed E-state index contributed by atoms with van der Waals surface area (Å²) in [4.78, 5) is 20.5. The average molecular weight is 265 g/mol. The Labute approximate surface area is 109 Å². The number of aryl methyl sites for hydroxylation is 2. The Hall–Kier alpha value is -1.76. The van der Waals surface area contributed by atoms with Gasteiger partial charge in [0, 0.05) is 17.5 Å². The first-order valence-corrected chi connectivity index (χ1v) is 6.56. The maximum absolute atomic E-state index is 11.1. The van der Waals surface area contributed by atoms with Gasteiger partial charge in [0.25, 0.3) is 5.91 Å². The first-order valence-electron chi connectivity index (χ1n) is 5.75. The maximum Gasteiger partial charge on any atom is 0.288 e. The fourth-order valence-electron chi connectivity index (χ4n) is 1.64. The van der Waals surface area contributed by atoms with Crippen molar-refractivity contribution in [2.24, 2.45) is 5.73 Å². The van der Waals surface area contributed by atoms with Gasteiger partial charge in [0.2, 0.25) is 5.82 Å². The van der Waals surface area contributed by atoms with Gasteiger partial charge < -0.3 is 5.73 Å². The molecule has 0 saturated heterocycles. The van der Waals surface area contributed by atoms with Crippen LogP contribution in [-0.2, 0) is 13.0 Å². The predicted molar refractivity (Wildman–Crippen MR) is 68.5 cm³/mol. The Morgan fingerprint density at radius 2 is 2.33 bits per heavy atom. The van der Waals surface area contributed by atoms with Crippen LogP contribution in [0, 0.1) is 6.92 Å². The molecule has 2 aromatic rings. The van der Waals surface area contributed by atoms with Crippen molar-refractivity contribution < 1.29 is 4.79 Å². The second-order valence-corrected chi connectivity index (χ2v) is 5.29. The highest BCUT2D eigenvalue weighted by Crippen LogP contribution is 2.14. The molecule has 0 radical (unpaired) electrons. The van der Waals surface area contributed by atoms with Crippen molar-refractivity contribution in [2.45, 2.75) is 33.2 Å². The molecule has 0 fully saturated rings. The zero-order valence-corrected chi connectivity index (χ0v) is 11.2. The molecule has 2 heterocycles. The second kappa shape index (κ2) is 5.26. The van der Waals surface area contributed by atoms with E-state index in [1.165, 1.54) is 0 Å². The van der Waals surface area contributed by atoms with Crippen molar-refractivity contribution in [1.82, 2.24) is 19.7 Å². The minimum atomic E-state index is -0.591. The number of nitrogens with zero attached hydrogens (tertiary/aromatic N) is 4. The SMILES string of the molecule is CCCc1nc(C(N)=O)nn1Cc1cnc(C)s1. The molecular formula is C11H15N5OS. The quantitative estimate of drug-likeness (QED) is 0.878. The van der Waals surface area contributed by atoms with Crippen molar-refractivity contribution in [3.05, 3.63) is 27.7 Å². The molecule has 0 unspecified atom stereocenters. The molecular weight excluding hydrogens is 250 g/mol. The summed E-state index contributed by atoms with van der Waals surface area (Å²) in [6.07, 6.45) is 3.54. The fraction of sp³-hybridized carbons (Fsp3) is 0.455. The third kappa shape index (κ3) is 2.73. The van der Waals surface area contributed by atoms with Crippen LogP contribution in [-0.4, -0.2) is 25.7 Å². The van der Waals surface area contributed by atoms with Crippen LogP contribution in [0.5, 0.6) is 0 Å². The second-order valence-electron chi connectivity index (χ2n) is 3.97. The molecule has 0 aliphatic carbocycles. The lowest BCUT2D eigenvalue weighted by Gasteiger charge is -2.02. The number of aromatic nitrogens is 4. The molecule has 7 heteroatoms. The van der Waals surface area contributed by atoms with E-state index in [9.17, 15) is 4.79 Å². The van der Waals surface area contributed by atoms with Crippen molar-refractivity contribution >= 4 is 17.2 Å². The van der Waals surface area contributed by atoms with Crippen LogP contribution in [0.2, 0.25) is 0 Å². The van der Waals surface area contributed by atoms with Gasteiger partial charge in [-0.15, -0.1) is 16.4 Å². The van der Waals surface area contributed by atoms with Gasteiger partial charge in [0.15, 0.2) is 0 Å². The Kier molecular flexibility index (Phi) is 3.71. The van der Waals surface area contributed by atoms with E-state index in [0.29, 0.717) is 6.54 Å². The van der Waals surface area contributed by atoms with Gasteiger partial charge in [-0.2, -0.15) is 0 Å². The molecule has 0 spiro atoms. The zero-order valence-electron chi connectivity index (χ0n) is 10.4. The number of hydrogen-bond acceptors (Lipinski definition) is 5. The van der Waals surface area contributed by atoms with E-state index in [4.69, 9.17) is 5.73 Å². The third-order valence-electron chi connectivity index (χ3n) is 2.42. The molecule has 2 rings (SSSR count). The number of primary amides is 1. The van der Waals surface area contributed by atoms with Crippen LogP contribution in [0.1, 0.15) is 39.7 Å². The van der Waals surface area contributed by atoms with E-state index in [1.54, 1.807) is 16.0 Å². The van der Waals surface area contributed by atoms with E-state index in [-0.39, 0.29) is 5.82 Å². The van der Waals surface area contributed by atoms with Crippen LogP contribution >= 0.6 is 11.3 Å². The highest BCUT2D eigenvalue weighted by atomic mass is 32.1. The largest absolute Gasteiger partial charge is 0.363 e. The summed E-state index contributed by atoms with van der Waals surface area (Å²) in [5, 5.41) is 5.15. The predicted octanol–water partition coefficient (Wildman–Crippen LogP) is 1.14. The van der Waals surface area contributed by atoms with Gasteiger partial charge in [-0.05, 0) is 13.3 Å². The molecule has 2 N–H and O–H groups in total. The van der Waals surface area contributed by atoms with Gasteiger partial charge in [-0.25, -0.2) is 14.6 Å². The third-order valence-corrected chi connectivity index (χ3v) is 3.31. The van der Waals surface area contributed by atoms with Gasteiger partial charge in [-0.3, -0.25) is 4.79 Å². The normalized spacial score (nSPS) is 10.8. The van der Waals surface area contributed by atoms with E-state index in [2.05, 4.69) is 22.0 Å². The summed E-state index contributed by atoms with van der Waals surface area (Å²) in [5.74, 6) is 0.281. The molecule has 96 valence electrons. The smallest absolute Gasteiger partial charge is 0.288 e. The monoisotopic (exact) mass is 265 g/mol. The molecule has 0 saturated carbocycles. The fourth-order valence-corrected chi connectivity index (χ4v) is 2.42. The Morgan fingerprint density at radius 3 is 2.89 bits per heavy atom. The minimum absolute atomic E-state index is 0.0830. The molecule has 2 aromatic heterocycles. The van der Waals surface area contributed by atoms with Gasteiger partial charge >= 0.3 is 0 Å². The highest BCUT2D eigenvalue weighted by molar-refractivity contribution is 7.11. The van der Waals surface area contributed by atoms with Crippen molar-refractivity contribution in [3.8, 4) is 0 Å². The lowest BCUT2D eigenvalue weighted by atomic mass is 10.3. The topological polar surface area (TPSA) is 86.7 Å². The van der Waals surface area contributed by atoms with Crippen molar-refractivity contribution in [1.29, 1.82) is 0 Å². The van der Waals surface area contributed by atoms with Crippen LogP contribution in [0.3, 0.4) is 0 Å². The number of thiazole rings is 1. The summed E-state index contributed by atoms with van der Waals surface area (Å²) in [6, 6.07) is 0. The standard InChI is InChI=1S/C11H15N5OS/c1-3-4-9-14-11(10(12)17)15-16(9)6-8-5-13-7(2)18-8/h5H,3-4,6H2,1-2H3,(H2,12,17). The first kappa shape index (κ1) is 12.7. The summed E-state index contributed by atoms with van der Waals surface area (Å²) in [5.41, 5.74) is 5.20. The highest BCUT2D eigenvalue weighted by Gasteiger charge is 2.14. The number of hydrogen-bond donors (Lipinski definition) is 1. The molecule has 0 aliphatic rings. The summed E-state index contributed by atoms with van der Waals surface area (Å²) < 4.78 is 1.73.